The van der Waals surface area contributed by atoms with Crippen LogP contribution in [0, 0.1) is 5.41 Å². The van der Waals surface area contributed by atoms with Crippen molar-refractivity contribution in [2.45, 2.75) is 32.0 Å². The molecule has 3 rings (SSSR count). The van der Waals surface area contributed by atoms with Crippen LogP contribution in [0.4, 0.5) is 13.2 Å². The van der Waals surface area contributed by atoms with Crippen LogP contribution in [0.25, 0.3) is 0 Å². The third kappa shape index (κ3) is 5.89. The Kier molecular flexibility index (Phi) is 6.89. The molecule has 2 aliphatic heterocycles. The van der Waals surface area contributed by atoms with Gasteiger partial charge in [0.15, 0.2) is 0 Å². The summed E-state index contributed by atoms with van der Waals surface area (Å²) in [6.07, 6.45) is 1.88. The van der Waals surface area contributed by atoms with Crippen LogP contribution in [-0.2, 0) is 26.2 Å². The highest BCUT2D eigenvalue weighted by atomic mass is 32.2. The number of carbonyl (C=O) groups is 2. The highest BCUT2D eigenvalue weighted by Crippen LogP contribution is 2.41. The van der Waals surface area contributed by atoms with Gasteiger partial charge in [0.25, 0.3) is 0 Å². The van der Waals surface area contributed by atoms with E-state index in [1.807, 2.05) is 17.0 Å². The summed E-state index contributed by atoms with van der Waals surface area (Å²) in [6, 6.07) is 3.81. The Morgan fingerprint density at radius 1 is 1.31 bits per heavy atom. The molecule has 2 saturated heterocycles. The van der Waals surface area contributed by atoms with Crippen molar-refractivity contribution in [1.82, 2.24) is 14.2 Å². The first kappa shape index (κ1) is 23.1. The summed E-state index contributed by atoms with van der Waals surface area (Å²) in [5.41, 5.74) is 0.479. The molecule has 1 atom stereocenters. The topological polar surface area (TPSA) is 108 Å². The van der Waals surface area contributed by atoms with Gasteiger partial charge >= 0.3 is 12.1 Å². The third-order valence-corrected chi connectivity index (χ3v) is 6.20. The van der Waals surface area contributed by atoms with Crippen LogP contribution in [0.1, 0.15) is 24.8 Å². The lowest BCUT2D eigenvalue weighted by Crippen LogP contribution is -2.49. The Bertz CT molecular complexity index is 848. The number of aromatic nitrogens is 1. The van der Waals surface area contributed by atoms with Crippen LogP contribution in [-0.4, -0.2) is 71.7 Å². The molecule has 0 saturated carbocycles. The van der Waals surface area contributed by atoms with E-state index in [2.05, 4.69) is 4.98 Å². The zero-order chi connectivity index (χ0) is 21.9. The molecule has 2 fully saturated rings. The molecule has 0 aliphatic carbocycles. The van der Waals surface area contributed by atoms with Crippen molar-refractivity contribution < 1.29 is 36.3 Å². The summed E-state index contributed by atoms with van der Waals surface area (Å²) < 4.78 is 56.8. The quantitative estimate of drug-likeness (QED) is 0.768. The van der Waals surface area contributed by atoms with Crippen molar-refractivity contribution in [3.8, 4) is 0 Å². The van der Waals surface area contributed by atoms with Gasteiger partial charge in [0.1, 0.15) is 0 Å². The summed E-state index contributed by atoms with van der Waals surface area (Å²) in [5, 5.41) is 7.12. The fourth-order valence-corrected chi connectivity index (χ4v) is 4.45. The van der Waals surface area contributed by atoms with E-state index in [0.29, 0.717) is 26.2 Å². The average Bonchev–Trinajstić information content (AvgIpc) is 2.91. The number of aliphatic carboxylic acids is 1. The van der Waals surface area contributed by atoms with Gasteiger partial charge in [-0.1, -0.05) is 6.07 Å². The number of nitrogens with zero attached hydrogens (tertiary/aromatic N) is 3. The Balaban J connectivity index is 0.000000370. The molecular weight excluding hydrogens is 415 g/mol. The van der Waals surface area contributed by atoms with Crippen LogP contribution in [0.2, 0.25) is 0 Å². The molecule has 1 aromatic rings. The minimum atomic E-state index is -5.08. The first-order chi connectivity index (χ1) is 13.3. The lowest BCUT2D eigenvalue weighted by molar-refractivity contribution is -0.192. The van der Waals surface area contributed by atoms with E-state index >= 15 is 0 Å². The Morgan fingerprint density at radius 3 is 2.48 bits per heavy atom. The second kappa shape index (κ2) is 8.66. The van der Waals surface area contributed by atoms with Crippen molar-refractivity contribution in [3.63, 3.8) is 0 Å². The van der Waals surface area contributed by atoms with Crippen LogP contribution in [0.3, 0.4) is 0 Å². The van der Waals surface area contributed by atoms with E-state index in [4.69, 9.17) is 9.90 Å². The lowest BCUT2D eigenvalue weighted by atomic mass is 9.79. The number of likely N-dealkylation sites (tertiary alicyclic amines) is 1. The van der Waals surface area contributed by atoms with E-state index in [1.165, 1.54) is 10.6 Å². The van der Waals surface area contributed by atoms with Crippen LogP contribution in [0.15, 0.2) is 24.5 Å². The molecule has 1 amide bonds. The molecule has 29 heavy (non-hydrogen) atoms. The molecule has 162 valence electrons. The summed E-state index contributed by atoms with van der Waals surface area (Å²) in [4.78, 5) is 27.6. The standard InChI is InChI=1S/C15H21N3O3S.C2HF3O2/c1-22(20,21)18-8-3-5-15(12-18)6-9-17(14(15)19)11-13-4-2-7-16-10-13;3-2(4,5)1(6)7/h2,4,7,10H,3,5-6,8-9,11-12H2,1H3;(H,6,7). The number of hydrogen-bond acceptors (Lipinski definition) is 5. The monoisotopic (exact) mass is 437 g/mol. The van der Waals surface area contributed by atoms with Gasteiger partial charge in [0, 0.05) is 38.6 Å². The van der Waals surface area contributed by atoms with Gasteiger partial charge < -0.3 is 10.0 Å². The van der Waals surface area contributed by atoms with Crippen molar-refractivity contribution >= 4 is 21.9 Å². The molecular formula is C17H22F3N3O5S. The van der Waals surface area contributed by atoms with Gasteiger partial charge in [0.05, 0.1) is 11.7 Å². The molecule has 0 bridgehead atoms. The number of pyridine rings is 1. The summed E-state index contributed by atoms with van der Waals surface area (Å²) in [6.45, 7) is 2.09. The maximum absolute atomic E-state index is 12.8. The first-order valence-electron chi connectivity index (χ1n) is 8.79. The van der Waals surface area contributed by atoms with Crippen LogP contribution in [0.5, 0.6) is 0 Å². The number of carboxylic acids is 1. The number of sulfonamides is 1. The molecule has 1 spiro atoms. The number of piperidine rings is 1. The predicted molar refractivity (Wildman–Crippen MR) is 96.0 cm³/mol. The minimum Gasteiger partial charge on any atom is -0.475 e. The Labute approximate surface area is 166 Å². The molecule has 12 heteroatoms. The van der Waals surface area contributed by atoms with Crippen molar-refractivity contribution in [3.05, 3.63) is 30.1 Å². The highest BCUT2D eigenvalue weighted by molar-refractivity contribution is 7.88. The molecule has 3 heterocycles. The average molecular weight is 437 g/mol. The van der Waals surface area contributed by atoms with Gasteiger partial charge in [-0.05, 0) is 30.9 Å². The third-order valence-electron chi connectivity index (χ3n) is 4.95. The van der Waals surface area contributed by atoms with E-state index in [1.54, 1.807) is 12.4 Å². The van der Waals surface area contributed by atoms with Crippen LogP contribution < -0.4 is 0 Å². The molecule has 0 radical (unpaired) electrons. The van der Waals surface area contributed by atoms with Gasteiger partial charge in [-0.3, -0.25) is 9.78 Å². The SMILES string of the molecule is CS(=O)(=O)N1CCCC2(CCN(Cc3cccnc3)C2=O)C1.O=C(O)C(F)(F)F. The fraction of sp³-hybridized carbons (Fsp3) is 0.588. The van der Waals surface area contributed by atoms with Gasteiger partial charge in [-0.2, -0.15) is 13.2 Å². The number of rotatable bonds is 3. The van der Waals surface area contributed by atoms with Crippen molar-refractivity contribution in [2.75, 3.05) is 25.9 Å². The van der Waals surface area contributed by atoms with Crippen molar-refractivity contribution in [2.24, 2.45) is 5.41 Å². The molecule has 2 aliphatic rings. The molecule has 0 aromatic carbocycles. The maximum atomic E-state index is 12.8. The van der Waals surface area contributed by atoms with Crippen molar-refractivity contribution in [1.29, 1.82) is 0 Å². The van der Waals surface area contributed by atoms with E-state index in [9.17, 15) is 26.4 Å². The van der Waals surface area contributed by atoms with E-state index in [-0.39, 0.29) is 5.91 Å². The molecule has 1 unspecified atom stereocenters. The molecule has 1 aromatic heterocycles. The minimum absolute atomic E-state index is 0.0877. The highest BCUT2D eigenvalue weighted by Gasteiger charge is 2.50. The second-order valence-corrected chi connectivity index (χ2v) is 9.10. The van der Waals surface area contributed by atoms with Gasteiger partial charge in [-0.15, -0.1) is 0 Å². The summed E-state index contributed by atoms with van der Waals surface area (Å²) >= 11 is 0. The largest absolute Gasteiger partial charge is 0.490 e. The number of halogens is 3. The number of carboxylic acid groups (broad SMARTS) is 1. The zero-order valence-corrected chi connectivity index (χ0v) is 16.5. The summed E-state index contributed by atoms with van der Waals surface area (Å²) in [7, 11) is -3.24. The number of carbonyl (C=O) groups excluding carboxylic acids is 1. The predicted octanol–water partition coefficient (Wildman–Crippen LogP) is 1.49. The Hall–Kier alpha value is -2.21. The van der Waals surface area contributed by atoms with Crippen LogP contribution >= 0.6 is 0 Å². The summed E-state index contributed by atoms with van der Waals surface area (Å²) in [5.74, 6) is -2.67. The fourth-order valence-electron chi connectivity index (χ4n) is 3.51. The zero-order valence-electron chi connectivity index (χ0n) is 15.7. The second-order valence-electron chi connectivity index (χ2n) is 7.12. The lowest BCUT2D eigenvalue weighted by Gasteiger charge is -2.37. The number of amides is 1. The maximum Gasteiger partial charge on any atom is 0.490 e. The van der Waals surface area contributed by atoms with Gasteiger partial charge in [-0.25, -0.2) is 17.5 Å². The van der Waals surface area contributed by atoms with Gasteiger partial charge in [0.2, 0.25) is 15.9 Å². The number of hydrogen-bond donors (Lipinski definition) is 1. The van der Waals surface area contributed by atoms with E-state index < -0.39 is 27.6 Å². The molecule has 8 nitrogen and oxygen atoms in total. The smallest absolute Gasteiger partial charge is 0.475 e. The first-order valence-corrected chi connectivity index (χ1v) is 10.6. The molecule has 1 N–H and O–H groups in total. The Morgan fingerprint density at radius 2 is 1.97 bits per heavy atom. The number of alkyl halides is 3. The normalized spacial score (nSPS) is 23.0. The van der Waals surface area contributed by atoms with E-state index in [0.717, 1.165) is 24.8 Å².